The highest BCUT2D eigenvalue weighted by atomic mass is 79.9. The van der Waals surface area contributed by atoms with Gasteiger partial charge in [0.2, 0.25) is 0 Å². The molecule has 0 saturated heterocycles. The van der Waals surface area contributed by atoms with Crippen molar-refractivity contribution in [1.29, 1.82) is 0 Å². The van der Waals surface area contributed by atoms with Gasteiger partial charge in [0.25, 0.3) is 0 Å². The van der Waals surface area contributed by atoms with Crippen molar-refractivity contribution in [3.8, 4) is 11.5 Å². The van der Waals surface area contributed by atoms with E-state index < -0.39 is 11.9 Å². The van der Waals surface area contributed by atoms with Crippen molar-refractivity contribution in [3.05, 3.63) is 56.8 Å². The Hall–Kier alpha value is -1.30. The molecular weight excluding hydrogens is 363 g/mol. The summed E-state index contributed by atoms with van der Waals surface area (Å²) in [6.45, 7) is 0. The number of ether oxygens (including phenoxy) is 2. The Labute approximate surface area is 135 Å². The first kappa shape index (κ1) is 16.1. The van der Waals surface area contributed by atoms with E-state index in [0.29, 0.717) is 21.5 Å². The van der Waals surface area contributed by atoms with Gasteiger partial charge in [-0.15, -0.1) is 0 Å². The first-order valence-corrected chi connectivity index (χ1v) is 7.19. The molecule has 0 fully saturated rings. The van der Waals surface area contributed by atoms with Gasteiger partial charge in [-0.25, -0.2) is 4.39 Å². The van der Waals surface area contributed by atoms with E-state index in [2.05, 4.69) is 15.9 Å². The molecule has 3 nitrogen and oxygen atoms in total. The number of halogens is 3. The Morgan fingerprint density at radius 2 is 1.71 bits per heavy atom. The van der Waals surface area contributed by atoms with Crippen molar-refractivity contribution >= 4 is 27.5 Å². The van der Waals surface area contributed by atoms with Crippen LogP contribution in [0.1, 0.15) is 17.2 Å². The van der Waals surface area contributed by atoms with Gasteiger partial charge in [0.05, 0.1) is 19.2 Å². The second-order valence-corrected chi connectivity index (χ2v) is 5.62. The molecule has 0 aromatic heterocycles. The maximum absolute atomic E-state index is 14.0. The summed E-state index contributed by atoms with van der Waals surface area (Å²) in [6, 6.07) is 7.49. The summed E-state index contributed by atoms with van der Waals surface area (Å²) < 4.78 is 24.8. The smallest absolute Gasteiger partial charge is 0.162 e. The molecule has 2 aromatic carbocycles. The second kappa shape index (κ2) is 6.64. The van der Waals surface area contributed by atoms with Gasteiger partial charge in [-0.2, -0.15) is 0 Å². The fourth-order valence-electron chi connectivity index (χ4n) is 1.97. The zero-order chi connectivity index (χ0) is 15.6. The highest BCUT2D eigenvalue weighted by Crippen LogP contribution is 2.38. The minimum atomic E-state index is -1.20. The van der Waals surface area contributed by atoms with E-state index in [1.54, 1.807) is 6.07 Å². The van der Waals surface area contributed by atoms with Crippen molar-refractivity contribution in [1.82, 2.24) is 0 Å². The minimum absolute atomic E-state index is 0.132. The van der Waals surface area contributed by atoms with Gasteiger partial charge in [-0.3, -0.25) is 0 Å². The first-order valence-electron chi connectivity index (χ1n) is 6.02. The maximum Gasteiger partial charge on any atom is 0.162 e. The topological polar surface area (TPSA) is 38.7 Å². The summed E-state index contributed by atoms with van der Waals surface area (Å²) in [5.74, 6) is 0.325. The zero-order valence-electron chi connectivity index (χ0n) is 11.4. The third-order valence-electron chi connectivity index (χ3n) is 3.05. The summed E-state index contributed by atoms with van der Waals surface area (Å²) in [5, 5.41) is 10.7. The van der Waals surface area contributed by atoms with Crippen LogP contribution < -0.4 is 9.47 Å². The number of aliphatic hydroxyl groups is 1. The molecule has 0 aliphatic carbocycles. The van der Waals surface area contributed by atoms with E-state index in [9.17, 15) is 9.50 Å². The molecule has 0 radical (unpaired) electrons. The molecule has 6 heteroatoms. The number of benzene rings is 2. The molecule has 0 bridgehead atoms. The molecule has 112 valence electrons. The van der Waals surface area contributed by atoms with Gasteiger partial charge in [0.1, 0.15) is 11.9 Å². The molecule has 0 saturated carbocycles. The van der Waals surface area contributed by atoms with Crippen molar-refractivity contribution < 1.29 is 19.0 Å². The maximum atomic E-state index is 14.0. The number of aliphatic hydroxyl groups excluding tert-OH is 1. The SMILES string of the molecule is COc1cc(Cl)c(C(O)c2ccc(Br)cc2F)cc1OC. The van der Waals surface area contributed by atoms with Gasteiger partial charge in [0, 0.05) is 21.7 Å². The quantitative estimate of drug-likeness (QED) is 0.864. The van der Waals surface area contributed by atoms with Crippen LogP contribution in [-0.2, 0) is 0 Å². The van der Waals surface area contributed by atoms with E-state index in [1.165, 1.54) is 38.5 Å². The molecule has 2 rings (SSSR count). The van der Waals surface area contributed by atoms with Crippen molar-refractivity contribution in [2.75, 3.05) is 14.2 Å². The van der Waals surface area contributed by atoms with Crippen LogP contribution in [0.5, 0.6) is 11.5 Å². The van der Waals surface area contributed by atoms with Crippen LogP contribution in [-0.4, -0.2) is 19.3 Å². The molecule has 0 heterocycles. The fourth-order valence-corrected chi connectivity index (χ4v) is 2.56. The Balaban J connectivity index is 2.50. The summed E-state index contributed by atoms with van der Waals surface area (Å²) >= 11 is 9.31. The van der Waals surface area contributed by atoms with E-state index in [-0.39, 0.29) is 10.6 Å². The highest BCUT2D eigenvalue weighted by molar-refractivity contribution is 9.10. The van der Waals surface area contributed by atoms with E-state index in [1.807, 2.05) is 0 Å². The van der Waals surface area contributed by atoms with Crippen molar-refractivity contribution in [2.24, 2.45) is 0 Å². The lowest BCUT2D eigenvalue weighted by atomic mass is 10.0. The van der Waals surface area contributed by atoms with E-state index >= 15 is 0 Å². The molecular formula is C15H13BrClFO3. The molecule has 1 unspecified atom stereocenters. The average molecular weight is 376 g/mol. The summed E-state index contributed by atoms with van der Waals surface area (Å²) in [7, 11) is 2.96. The van der Waals surface area contributed by atoms with E-state index in [4.69, 9.17) is 21.1 Å². The van der Waals surface area contributed by atoms with Crippen LogP contribution in [0.2, 0.25) is 5.02 Å². The number of methoxy groups -OCH3 is 2. The molecule has 0 aliphatic heterocycles. The van der Waals surface area contributed by atoms with Crippen LogP contribution in [0.25, 0.3) is 0 Å². The second-order valence-electron chi connectivity index (χ2n) is 4.30. The number of rotatable bonds is 4. The number of hydrogen-bond acceptors (Lipinski definition) is 3. The van der Waals surface area contributed by atoms with Crippen LogP contribution >= 0.6 is 27.5 Å². The Kier molecular flexibility index (Phi) is 5.08. The third-order valence-corrected chi connectivity index (χ3v) is 3.88. The van der Waals surface area contributed by atoms with Crippen molar-refractivity contribution in [3.63, 3.8) is 0 Å². The minimum Gasteiger partial charge on any atom is -0.493 e. The summed E-state index contributed by atoms with van der Waals surface area (Å²) in [5.41, 5.74) is 0.475. The van der Waals surface area contributed by atoms with Crippen LogP contribution in [0.4, 0.5) is 4.39 Å². The van der Waals surface area contributed by atoms with Gasteiger partial charge >= 0.3 is 0 Å². The van der Waals surface area contributed by atoms with Crippen LogP contribution in [0.15, 0.2) is 34.8 Å². The lowest BCUT2D eigenvalue weighted by Crippen LogP contribution is -2.04. The van der Waals surface area contributed by atoms with Crippen LogP contribution in [0.3, 0.4) is 0 Å². The normalized spacial score (nSPS) is 12.1. The molecule has 2 aromatic rings. The predicted molar refractivity (Wildman–Crippen MR) is 82.7 cm³/mol. The summed E-state index contributed by atoms with van der Waals surface area (Å²) in [4.78, 5) is 0. The highest BCUT2D eigenvalue weighted by Gasteiger charge is 2.20. The van der Waals surface area contributed by atoms with E-state index in [0.717, 1.165) is 0 Å². The lowest BCUT2D eigenvalue weighted by molar-refractivity contribution is 0.214. The van der Waals surface area contributed by atoms with Gasteiger partial charge < -0.3 is 14.6 Å². The standard InChI is InChI=1S/C15H13BrClFO3/c1-20-13-6-10(11(17)7-14(13)21-2)15(19)9-4-3-8(16)5-12(9)18/h3-7,15,19H,1-2H3. The number of hydrogen-bond donors (Lipinski definition) is 1. The third kappa shape index (κ3) is 3.31. The predicted octanol–water partition coefficient (Wildman–Crippen LogP) is 4.34. The molecule has 21 heavy (non-hydrogen) atoms. The Morgan fingerprint density at radius 1 is 1.10 bits per heavy atom. The Morgan fingerprint density at radius 3 is 2.29 bits per heavy atom. The van der Waals surface area contributed by atoms with Crippen molar-refractivity contribution in [2.45, 2.75) is 6.10 Å². The van der Waals surface area contributed by atoms with Gasteiger partial charge in [-0.1, -0.05) is 33.6 Å². The average Bonchev–Trinajstić information content (AvgIpc) is 2.46. The molecule has 0 spiro atoms. The zero-order valence-corrected chi connectivity index (χ0v) is 13.7. The first-order chi connectivity index (χ1) is 9.97. The Bertz CT molecular complexity index is 664. The summed E-state index contributed by atoms with van der Waals surface area (Å²) in [6.07, 6.45) is -1.20. The molecule has 0 amide bonds. The van der Waals surface area contributed by atoms with Gasteiger partial charge in [-0.05, 0) is 18.2 Å². The monoisotopic (exact) mass is 374 g/mol. The van der Waals surface area contributed by atoms with Gasteiger partial charge in [0.15, 0.2) is 11.5 Å². The molecule has 1 atom stereocenters. The fraction of sp³-hybridized carbons (Fsp3) is 0.200. The molecule has 0 aliphatic rings. The molecule has 1 N–H and O–H groups in total. The lowest BCUT2D eigenvalue weighted by Gasteiger charge is -2.17. The van der Waals surface area contributed by atoms with Crippen LogP contribution in [0, 0.1) is 5.82 Å². The largest absolute Gasteiger partial charge is 0.493 e.